The van der Waals surface area contributed by atoms with Crippen molar-refractivity contribution in [2.45, 2.75) is 70.0 Å². The van der Waals surface area contributed by atoms with Gasteiger partial charge in [0.1, 0.15) is 17.5 Å². The number of rotatable bonds is 7. The van der Waals surface area contributed by atoms with E-state index in [0.29, 0.717) is 29.0 Å². The summed E-state index contributed by atoms with van der Waals surface area (Å²) in [6, 6.07) is 5.54. The number of fused-ring (bicyclic) bond motifs is 1. The molecule has 2 fully saturated rings. The molecule has 0 unspecified atom stereocenters. The van der Waals surface area contributed by atoms with E-state index in [2.05, 4.69) is 32.8 Å². The molecule has 0 bridgehead atoms. The van der Waals surface area contributed by atoms with E-state index in [1.807, 2.05) is 6.07 Å². The fourth-order valence-corrected chi connectivity index (χ4v) is 5.66. The standard InChI is InChI=1S/C27H36N7O3.CH3.Li.H2N/c1-4-21-26(36)33(2)22-16-29-27(32-24(22)34(21)19-7-5-6-8-19)31-20-10-9-17(15-23(20)37-3)25(35)30-18-11-13-28-14-12-18;;;/h9-10,15-16,18-19,21H,4-8,11-14H2,1-3H3,(H,30,35)(H,29,31,32);1H3;;1H2/q2*-1;+1;-1/t21-;;;/m1.../s1. The number of carbonyl (C=O) groups is 2. The monoisotopic (exact) mass is 544 g/mol. The number of piperidine rings is 1. The number of nitrogens with two attached hydrogens (primary N) is 1. The summed E-state index contributed by atoms with van der Waals surface area (Å²) in [4.78, 5) is 39.2. The number of hydrogen-bond acceptors (Lipinski definition) is 7. The van der Waals surface area contributed by atoms with Crippen LogP contribution < -0.4 is 44.0 Å². The topological polar surface area (TPSA) is 147 Å². The van der Waals surface area contributed by atoms with Gasteiger partial charge in [0.15, 0.2) is 5.82 Å². The first-order valence-electron chi connectivity index (χ1n) is 13.3. The molecule has 3 aliphatic rings. The molecule has 2 aliphatic heterocycles. The third-order valence-electron chi connectivity index (χ3n) is 7.73. The number of methoxy groups -OCH3 is 1. The molecule has 40 heavy (non-hydrogen) atoms. The average molecular weight is 545 g/mol. The van der Waals surface area contributed by atoms with Crippen molar-refractivity contribution in [3.8, 4) is 5.75 Å². The maximum atomic E-state index is 13.1. The van der Waals surface area contributed by atoms with Crippen LogP contribution in [0.3, 0.4) is 0 Å². The summed E-state index contributed by atoms with van der Waals surface area (Å²) in [6.45, 7) is 3.63. The van der Waals surface area contributed by atoms with Gasteiger partial charge in [-0.1, -0.05) is 32.6 Å². The van der Waals surface area contributed by atoms with Gasteiger partial charge in [0.25, 0.3) is 5.91 Å². The zero-order valence-electron chi connectivity index (χ0n) is 24.4. The number of amides is 2. The minimum absolute atomic E-state index is 0. The van der Waals surface area contributed by atoms with Gasteiger partial charge in [-0.25, -0.2) is 4.98 Å². The van der Waals surface area contributed by atoms with Crippen molar-refractivity contribution in [1.82, 2.24) is 15.3 Å². The van der Waals surface area contributed by atoms with E-state index in [4.69, 9.17) is 9.72 Å². The van der Waals surface area contributed by atoms with Crippen molar-refractivity contribution in [2.24, 2.45) is 0 Å². The van der Waals surface area contributed by atoms with E-state index in [1.165, 1.54) is 12.8 Å². The predicted molar refractivity (Wildman–Crippen MR) is 156 cm³/mol. The first-order valence-corrected chi connectivity index (χ1v) is 13.3. The van der Waals surface area contributed by atoms with E-state index in [1.54, 1.807) is 37.4 Å². The smallest absolute Gasteiger partial charge is 0.693 e. The summed E-state index contributed by atoms with van der Waals surface area (Å²) < 4.78 is 5.60. The summed E-state index contributed by atoms with van der Waals surface area (Å²) >= 11 is 0. The maximum absolute atomic E-state index is 13.1. The SMILES string of the molecule is CC[C@@H]1C(=O)N(C)c2cnc(Nc3ccc(C(=O)NC4CC[N-]CC4)cc3OC)nc2N1C1CCCC1.[CH3-].[Li+].[NH2-]. The Labute approximate surface area is 250 Å². The van der Waals surface area contributed by atoms with E-state index in [0.717, 1.165) is 56.7 Å². The van der Waals surface area contributed by atoms with E-state index in [-0.39, 0.29) is 56.3 Å². The largest absolute Gasteiger partial charge is 1.00 e. The van der Waals surface area contributed by atoms with E-state index in [9.17, 15) is 9.59 Å². The molecular weight excluding hydrogens is 503 g/mol. The van der Waals surface area contributed by atoms with Gasteiger partial charge in [0.05, 0.1) is 19.0 Å². The third-order valence-corrected chi connectivity index (χ3v) is 7.73. The molecule has 0 radical (unpaired) electrons. The van der Waals surface area contributed by atoms with Crippen LogP contribution in [-0.4, -0.2) is 67.2 Å². The number of nitrogens with one attached hydrogen (secondary N) is 2. The maximum Gasteiger partial charge on any atom is 1.00 e. The molecule has 1 atom stereocenters. The zero-order valence-corrected chi connectivity index (χ0v) is 24.4. The minimum Gasteiger partial charge on any atom is -0.693 e. The van der Waals surface area contributed by atoms with Gasteiger partial charge in [0.2, 0.25) is 11.9 Å². The van der Waals surface area contributed by atoms with Crippen LogP contribution in [0.2, 0.25) is 0 Å². The molecule has 1 aromatic heterocycles. The van der Waals surface area contributed by atoms with Crippen molar-refractivity contribution in [3.05, 3.63) is 48.9 Å². The molecule has 1 aromatic carbocycles. The molecule has 5 rings (SSSR count). The van der Waals surface area contributed by atoms with Gasteiger partial charge in [-0.3, -0.25) is 9.59 Å². The Morgan fingerprint density at radius 3 is 2.52 bits per heavy atom. The van der Waals surface area contributed by atoms with Crippen LogP contribution >= 0.6 is 0 Å². The molecule has 1 saturated heterocycles. The van der Waals surface area contributed by atoms with Gasteiger partial charge in [-0.05, 0) is 37.5 Å². The Hall–Kier alpha value is -2.84. The van der Waals surface area contributed by atoms with Crippen molar-refractivity contribution in [2.75, 3.05) is 42.4 Å². The second-order valence-corrected chi connectivity index (χ2v) is 10.0. The quantitative estimate of drug-likeness (QED) is 0.401. The van der Waals surface area contributed by atoms with Crippen LogP contribution in [0.4, 0.5) is 23.1 Å². The van der Waals surface area contributed by atoms with E-state index >= 15 is 0 Å². The fourth-order valence-electron chi connectivity index (χ4n) is 5.66. The zero-order chi connectivity index (χ0) is 25.9. The number of anilines is 4. The molecule has 214 valence electrons. The first kappa shape index (κ1) is 33.4. The van der Waals surface area contributed by atoms with Crippen LogP contribution in [0.25, 0.3) is 11.5 Å². The molecule has 2 amide bonds. The van der Waals surface area contributed by atoms with Crippen molar-refractivity contribution >= 4 is 35.0 Å². The minimum atomic E-state index is -0.228. The summed E-state index contributed by atoms with van der Waals surface area (Å²) in [6.07, 6.45) is 8.63. The fraction of sp³-hybridized carbons (Fsp3) is 0.536. The molecule has 0 spiro atoms. The average Bonchev–Trinajstić information content (AvgIpc) is 3.46. The Morgan fingerprint density at radius 2 is 1.88 bits per heavy atom. The van der Waals surface area contributed by atoms with Gasteiger partial charge in [-0.2, -0.15) is 4.98 Å². The number of ether oxygens (including phenoxy) is 1. The molecule has 2 aromatic rings. The van der Waals surface area contributed by atoms with Crippen molar-refractivity contribution in [3.63, 3.8) is 0 Å². The molecule has 3 heterocycles. The predicted octanol–water partition coefficient (Wildman–Crippen LogP) is 2.17. The van der Waals surface area contributed by atoms with Crippen LogP contribution in [0.15, 0.2) is 24.4 Å². The first-order chi connectivity index (χ1) is 18.0. The number of likely N-dealkylation sites (N-methyl/N-ethyl adjacent to an activating group) is 1. The number of carbonyl (C=O) groups excluding carboxylic acids is 2. The molecule has 11 nitrogen and oxygen atoms in total. The third kappa shape index (κ3) is 6.72. The van der Waals surface area contributed by atoms with Crippen LogP contribution in [-0.2, 0) is 4.79 Å². The van der Waals surface area contributed by atoms with E-state index < -0.39 is 0 Å². The van der Waals surface area contributed by atoms with Gasteiger partial charge < -0.3 is 44.1 Å². The number of aromatic nitrogens is 2. The van der Waals surface area contributed by atoms with Gasteiger partial charge in [0, 0.05) is 24.7 Å². The number of benzene rings is 1. The Morgan fingerprint density at radius 1 is 1.18 bits per heavy atom. The molecule has 1 saturated carbocycles. The van der Waals surface area contributed by atoms with Gasteiger partial charge >= 0.3 is 18.9 Å². The summed E-state index contributed by atoms with van der Waals surface area (Å²) in [5.41, 5.74) is 1.92. The molecule has 4 N–H and O–H groups in total. The van der Waals surface area contributed by atoms with Gasteiger partial charge in [-0.15, -0.1) is 13.1 Å². The number of nitrogens with zero attached hydrogens (tertiary/aromatic N) is 5. The van der Waals surface area contributed by atoms with Crippen molar-refractivity contribution < 1.29 is 33.2 Å². The molecular formula is C28H41LiN8O3-2. The van der Waals surface area contributed by atoms with Crippen molar-refractivity contribution in [1.29, 1.82) is 0 Å². The van der Waals surface area contributed by atoms with Crippen LogP contribution in [0, 0.1) is 7.43 Å². The van der Waals surface area contributed by atoms with Crippen LogP contribution in [0.5, 0.6) is 5.75 Å². The Balaban J connectivity index is 0.00000187. The number of hydrogen-bond donors (Lipinski definition) is 2. The molecule has 12 heteroatoms. The summed E-state index contributed by atoms with van der Waals surface area (Å²) in [5.74, 6) is 1.70. The second kappa shape index (κ2) is 14.7. The Bertz CT molecular complexity index is 1150. The molecule has 1 aliphatic carbocycles. The Kier molecular flexibility index (Phi) is 12.3. The summed E-state index contributed by atoms with van der Waals surface area (Å²) in [5, 5.41) is 10.7. The summed E-state index contributed by atoms with van der Waals surface area (Å²) in [7, 11) is 3.37. The second-order valence-electron chi connectivity index (χ2n) is 10.0. The normalized spacial score (nSPS) is 19.1. The van der Waals surface area contributed by atoms with Crippen LogP contribution in [0.1, 0.15) is 62.2 Å².